The van der Waals surface area contributed by atoms with Crippen molar-refractivity contribution in [2.45, 2.75) is 164 Å². The van der Waals surface area contributed by atoms with E-state index in [4.69, 9.17) is 11.6 Å². The molecular weight excluding hydrogens is 724 g/mol. The SMILES string of the molecule is CCCCc1cccc(N(c2cc(CCCC)cc(CCCC)c2)c2cc(C)cc(N(c3cccc(CCCC)c3)c3cc(CCCC)cc(CCCC)c3)c2Cl)c1. The van der Waals surface area contributed by atoms with E-state index >= 15 is 0 Å². The van der Waals surface area contributed by atoms with Gasteiger partial charge in [0, 0.05) is 22.7 Å². The van der Waals surface area contributed by atoms with Gasteiger partial charge in [0.05, 0.1) is 16.4 Å². The van der Waals surface area contributed by atoms with Gasteiger partial charge in [0.1, 0.15) is 0 Å². The fourth-order valence-corrected chi connectivity index (χ4v) is 8.50. The molecule has 0 bridgehead atoms. The Morgan fingerprint density at radius 1 is 0.362 bits per heavy atom. The van der Waals surface area contributed by atoms with Crippen LogP contribution in [-0.2, 0) is 38.5 Å². The Kier molecular flexibility index (Phi) is 18.3. The Morgan fingerprint density at radius 2 is 0.655 bits per heavy atom. The number of nitrogens with zero attached hydrogens (tertiary/aromatic N) is 2. The number of anilines is 6. The molecule has 0 unspecified atom stereocenters. The molecule has 3 heteroatoms. The van der Waals surface area contributed by atoms with E-state index in [0.29, 0.717) is 0 Å². The van der Waals surface area contributed by atoms with Crippen molar-refractivity contribution in [1.82, 2.24) is 0 Å². The second kappa shape index (κ2) is 23.5. The highest BCUT2D eigenvalue weighted by Crippen LogP contribution is 2.48. The van der Waals surface area contributed by atoms with Crippen LogP contribution in [0.2, 0.25) is 5.02 Å². The molecule has 0 amide bonds. The standard InChI is InChI=1S/C55H73ClN2/c1-8-14-22-43-28-20-30-49(36-43)57(51-38-45(24-16-10-3)34-46(39-51)25-17-11-4)53-32-42(7)33-54(55(53)56)58(50-31-21-29-44(37-50)23-15-9-2)52-40-47(26-18-12-5)35-48(41-52)27-19-13-6/h20-21,28-41H,8-19,22-27H2,1-7H3. The van der Waals surface area contributed by atoms with Crippen molar-refractivity contribution >= 4 is 45.7 Å². The summed E-state index contributed by atoms with van der Waals surface area (Å²) in [7, 11) is 0. The summed E-state index contributed by atoms with van der Waals surface area (Å²) in [6.45, 7) is 16.0. The normalized spacial score (nSPS) is 11.3. The molecule has 0 saturated heterocycles. The van der Waals surface area contributed by atoms with E-state index in [2.05, 4.69) is 155 Å². The maximum atomic E-state index is 8.03. The van der Waals surface area contributed by atoms with Crippen LogP contribution < -0.4 is 9.80 Å². The molecule has 2 nitrogen and oxygen atoms in total. The number of hydrogen-bond acceptors (Lipinski definition) is 2. The van der Waals surface area contributed by atoms with E-state index < -0.39 is 0 Å². The quantitative estimate of drug-likeness (QED) is 0.0614. The average molecular weight is 798 g/mol. The fourth-order valence-electron chi connectivity index (χ4n) is 8.22. The zero-order valence-corrected chi connectivity index (χ0v) is 38.0. The first-order valence-electron chi connectivity index (χ1n) is 23.2. The highest BCUT2D eigenvalue weighted by molar-refractivity contribution is 6.36. The average Bonchev–Trinajstić information content (AvgIpc) is 3.24. The summed E-state index contributed by atoms with van der Waals surface area (Å²) in [6.07, 6.45) is 20.6. The van der Waals surface area contributed by atoms with Crippen LogP contribution in [-0.4, -0.2) is 0 Å². The Labute approximate surface area is 359 Å². The van der Waals surface area contributed by atoms with Gasteiger partial charge in [-0.1, -0.05) is 128 Å². The van der Waals surface area contributed by atoms with Crippen LogP contribution in [0, 0.1) is 6.92 Å². The molecular formula is C55H73ClN2. The van der Waals surface area contributed by atoms with E-state index in [-0.39, 0.29) is 0 Å². The Hall–Kier alpha value is -4.01. The lowest BCUT2D eigenvalue weighted by Gasteiger charge is -2.33. The largest absolute Gasteiger partial charge is 0.309 e. The minimum Gasteiger partial charge on any atom is -0.309 e. The van der Waals surface area contributed by atoms with Gasteiger partial charge in [-0.05, 0) is 184 Å². The molecule has 0 fully saturated rings. The fraction of sp³-hybridized carbons (Fsp3) is 0.455. The first-order chi connectivity index (χ1) is 28.3. The molecule has 0 aliphatic carbocycles. The van der Waals surface area contributed by atoms with Crippen molar-refractivity contribution in [3.63, 3.8) is 0 Å². The van der Waals surface area contributed by atoms with Gasteiger partial charge in [0.2, 0.25) is 0 Å². The summed E-state index contributed by atoms with van der Waals surface area (Å²) in [5.41, 5.74) is 16.4. The van der Waals surface area contributed by atoms with Crippen LogP contribution in [0.25, 0.3) is 0 Å². The molecule has 5 aromatic rings. The Balaban J connectivity index is 1.80. The molecule has 0 saturated carbocycles. The lowest BCUT2D eigenvalue weighted by molar-refractivity contribution is 0.780. The molecule has 0 aromatic heterocycles. The van der Waals surface area contributed by atoms with Crippen LogP contribution in [0.15, 0.2) is 97.1 Å². The lowest BCUT2D eigenvalue weighted by Crippen LogP contribution is -2.16. The van der Waals surface area contributed by atoms with Crippen molar-refractivity contribution < 1.29 is 0 Å². The third-order valence-corrected chi connectivity index (χ3v) is 11.9. The number of unbranched alkanes of at least 4 members (excludes halogenated alkanes) is 6. The van der Waals surface area contributed by atoms with E-state index in [1.165, 1.54) is 127 Å². The third kappa shape index (κ3) is 12.5. The van der Waals surface area contributed by atoms with Gasteiger partial charge in [0.25, 0.3) is 0 Å². The Morgan fingerprint density at radius 3 is 0.966 bits per heavy atom. The third-order valence-electron chi connectivity index (χ3n) is 11.5. The maximum Gasteiger partial charge on any atom is 0.0887 e. The van der Waals surface area contributed by atoms with Crippen LogP contribution in [0.3, 0.4) is 0 Å². The van der Waals surface area contributed by atoms with Crippen LogP contribution in [0.5, 0.6) is 0 Å². The van der Waals surface area contributed by atoms with Crippen molar-refractivity contribution in [3.05, 3.63) is 141 Å². The number of halogens is 1. The molecule has 0 atom stereocenters. The smallest absolute Gasteiger partial charge is 0.0887 e. The van der Waals surface area contributed by atoms with Gasteiger partial charge in [-0.3, -0.25) is 0 Å². The molecule has 5 aromatic carbocycles. The predicted molar refractivity (Wildman–Crippen MR) is 257 cm³/mol. The topological polar surface area (TPSA) is 6.48 Å². The Bertz CT molecular complexity index is 1820. The summed E-state index contributed by atoms with van der Waals surface area (Å²) >= 11 is 8.03. The van der Waals surface area contributed by atoms with Gasteiger partial charge in [-0.2, -0.15) is 0 Å². The maximum absolute atomic E-state index is 8.03. The number of hydrogen-bond donors (Lipinski definition) is 0. The molecule has 0 aliphatic rings. The molecule has 5 rings (SSSR count). The summed E-state index contributed by atoms with van der Waals surface area (Å²) in [5, 5.41) is 0.770. The van der Waals surface area contributed by atoms with Crippen molar-refractivity contribution in [1.29, 1.82) is 0 Å². The van der Waals surface area contributed by atoms with Gasteiger partial charge < -0.3 is 9.80 Å². The number of benzene rings is 5. The summed E-state index contributed by atoms with van der Waals surface area (Å²) < 4.78 is 0. The second-order valence-electron chi connectivity index (χ2n) is 16.8. The highest BCUT2D eigenvalue weighted by Gasteiger charge is 2.25. The highest BCUT2D eigenvalue weighted by atomic mass is 35.5. The van der Waals surface area contributed by atoms with Gasteiger partial charge in [-0.15, -0.1) is 0 Å². The van der Waals surface area contributed by atoms with Crippen LogP contribution in [0.1, 0.15) is 158 Å². The first-order valence-corrected chi connectivity index (χ1v) is 23.5. The molecule has 0 N–H and O–H groups in total. The van der Waals surface area contributed by atoms with E-state index in [0.717, 1.165) is 66.3 Å². The minimum absolute atomic E-state index is 0.770. The molecule has 58 heavy (non-hydrogen) atoms. The van der Waals surface area contributed by atoms with E-state index in [1.807, 2.05) is 0 Å². The van der Waals surface area contributed by atoms with Gasteiger partial charge in [0.15, 0.2) is 0 Å². The zero-order valence-electron chi connectivity index (χ0n) is 37.2. The van der Waals surface area contributed by atoms with Crippen molar-refractivity contribution in [2.75, 3.05) is 9.80 Å². The van der Waals surface area contributed by atoms with Gasteiger partial charge >= 0.3 is 0 Å². The molecule has 0 aliphatic heterocycles. The molecule has 0 heterocycles. The van der Waals surface area contributed by atoms with Crippen molar-refractivity contribution in [2.24, 2.45) is 0 Å². The monoisotopic (exact) mass is 797 g/mol. The number of aryl methyl sites for hydroxylation is 7. The predicted octanol–water partition coefficient (Wildman–Crippen LogP) is 17.6. The summed E-state index contributed by atoms with van der Waals surface area (Å²) in [5.74, 6) is 0. The number of rotatable bonds is 24. The lowest BCUT2D eigenvalue weighted by atomic mass is 9.98. The first kappa shape index (κ1) is 45.1. The summed E-state index contributed by atoms with van der Waals surface area (Å²) in [6, 6.07) is 37.8. The molecule has 0 spiro atoms. The summed E-state index contributed by atoms with van der Waals surface area (Å²) in [4.78, 5) is 4.94. The van der Waals surface area contributed by atoms with E-state index in [9.17, 15) is 0 Å². The van der Waals surface area contributed by atoms with Crippen LogP contribution in [0.4, 0.5) is 34.1 Å². The molecule has 310 valence electrons. The minimum atomic E-state index is 0.770. The zero-order chi connectivity index (χ0) is 41.3. The van der Waals surface area contributed by atoms with Crippen LogP contribution >= 0.6 is 11.6 Å². The molecule has 0 radical (unpaired) electrons. The van der Waals surface area contributed by atoms with Crippen molar-refractivity contribution in [3.8, 4) is 0 Å². The van der Waals surface area contributed by atoms with E-state index in [1.54, 1.807) is 0 Å². The van der Waals surface area contributed by atoms with Gasteiger partial charge in [-0.25, -0.2) is 0 Å². The second-order valence-corrected chi connectivity index (χ2v) is 17.1.